The predicted molar refractivity (Wildman–Crippen MR) is 103 cm³/mol. The van der Waals surface area contributed by atoms with E-state index in [1.165, 1.54) is 4.88 Å². The van der Waals surface area contributed by atoms with Crippen molar-refractivity contribution in [3.8, 4) is 0 Å². The fraction of sp³-hybridized carbons (Fsp3) is 0.571. The molecule has 0 aliphatic rings. The third kappa shape index (κ3) is 6.42. The molecule has 9 heteroatoms. The van der Waals surface area contributed by atoms with Crippen LogP contribution >= 0.6 is 35.3 Å². The summed E-state index contributed by atoms with van der Waals surface area (Å²) < 4.78 is 4.93. The highest BCUT2D eigenvalue weighted by molar-refractivity contribution is 14.0. The fourth-order valence-electron chi connectivity index (χ4n) is 1.83. The predicted octanol–water partition coefficient (Wildman–Crippen LogP) is 2.37. The highest BCUT2D eigenvalue weighted by Crippen LogP contribution is 2.16. The van der Waals surface area contributed by atoms with Crippen LogP contribution in [0.25, 0.3) is 0 Å². The van der Waals surface area contributed by atoms with Crippen LogP contribution in [-0.2, 0) is 13.0 Å². The van der Waals surface area contributed by atoms with E-state index in [4.69, 9.17) is 4.52 Å². The molecule has 0 saturated carbocycles. The quantitative estimate of drug-likeness (QED) is 0.399. The zero-order valence-corrected chi connectivity index (χ0v) is 17.0. The molecule has 0 aromatic carbocycles. The van der Waals surface area contributed by atoms with Crippen molar-refractivity contribution in [2.75, 3.05) is 13.1 Å². The fourth-order valence-corrected chi connectivity index (χ4v) is 2.76. The molecule has 0 atom stereocenters. The summed E-state index contributed by atoms with van der Waals surface area (Å²) in [5, 5.41) is 11.5. The van der Waals surface area contributed by atoms with Crippen molar-refractivity contribution in [1.29, 1.82) is 0 Å². The molecule has 0 radical (unpaired) electrons. The smallest absolute Gasteiger partial charge is 0.223 e. The van der Waals surface area contributed by atoms with Crippen molar-refractivity contribution in [2.24, 2.45) is 4.99 Å². The molecule has 0 saturated heterocycles. The lowest BCUT2D eigenvalue weighted by Crippen LogP contribution is -2.38. The normalized spacial score (nSPS) is 11.2. The summed E-state index contributed by atoms with van der Waals surface area (Å²) in [7, 11) is 0. The molecule has 0 amide bonds. The maximum absolute atomic E-state index is 4.93. The lowest BCUT2D eigenvalue weighted by Gasteiger charge is -2.09. The molecule has 0 aliphatic heterocycles. The SMILES string of the molecule is CCNC(=NCc1noc(C)n1)NCCc1nc(C)c(C)s1.I. The van der Waals surface area contributed by atoms with E-state index in [0.717, 1.165) is 36.2 Å². The van der Waals surface area contributed by atoms with Gasteiger partial charge in [-0.1, -0.05) is 5.16 Å². The van der Waals surface area contributed by atoms with Crippen LogP contribution < -0.4 is 10.6 Å². The highest BCUT2D eigenvalue weighted by atomic mass is 127. The van der Waals surface area contributed by atoms with Gasteiger partial charge in [-0.25, -0.2) is 9.98 Å². The van der Waals surface area contributed by atoms with Crippen LogP contribution in [0.4, 0.5) is 0 Å². The molecule has 2 aromatic heterocycles. The minimum Gasteiger partial charge on any atom is -0.357 e. The van der Waals surface area contributed by atoms with Crippen molar-refractivity contribution in [3.63, 3.8) is 0 Å². The molecule has 7 nitrogen and oxygen atoms in total. The average Bonchev–Trinajstić information content (AvgIpc) is 3.03. The van der Waals surface area contributed by atoms with Crippen LogP contribution in [0.5, 0.6) is 0 Å². The number of aromatic nitrogens is 3. The van der Waals surface area contributed by atoms with Gasteiger partial charge in [0.1, 0.15) is 6.54 Å². The van der Waals surface area contributed by atoms with E-state index in [9.17, 15) is 0 Å². The number of aryl methyl sites for hydroxylation is 3. The first-order valence-electron chi connectivity index (χ1n) is 7.32. The Morgan fingerprint density at radius 3 is 2.57 bits per heavy atom. The zero-order chi connectivity index (χ0) is 15.9. The average molecular weight is 450 g/mol. The number of rotatable bonds is 6. The molecule has 2 heterocycles. The third-order valence-corrected chi connectivity index (χ3v) is 4.13. The van der Waals surface area contributed by atoms with Crippen LogP contribution in [0.15, 0.2) is 9.52 Å². The topological polar surface area (TPSA) is 88.2 Å². The van der Waals surface area contributed by atoms with Gasteiger partial charge < -0.3 is 15.2 Å². The van der Waals surface area contributed by atoms with Crippen molar-refractivity contribution in [2.45, 2.75) is 40.7 Å². The molecule has 23 heavy (non-hydrogen) atoms. The second-order valence-corrected chi connectivity index (χ2v) is 6.14. The maximum atomic E-state index is 4.93. The van der Waals surface area contributed by atoms with Crippen LogP contribution in [0.2, 0.25) is 0 Å². The number of thiazole rings is 1. The Kier molecular flexibility index (Phi) is 8.45. The molecule has 0 bridgehead atoms. The van der Waals surface area contributed by atoms with Crippen LogP contribution in [0.3, 0.4) is 0 Å². The third-order valence-electron chi connectivity index (χ3n) is 3.00. The number of halogens is 1. The van der Waals surface area contributed by atoms with Crippen molar-refractivity contribution in [3.05, 3.63) is 27.3 Å². The van der Waals surface area contributed by atoms with E-state index < -0.39 is 0 Å². The van der Waals surface area contributed by atoms with Gasteiger partial charge in [0.15, 0.2) is 11.8 Å². The number of nitrogens with zero attached hydrogens (tertiary/aromatic N) is 4. The van der Waals surface area contributed by atoms with Gasteiger partial charge >= 0.3 is 0 Å². The molecule has 2 N–H and O–H groups in total. The molecular weight excluding hydrogens is 427 g/mol. The van der Waals surface area contributed by atoms with Gasteiger partial charge in [-0.05, 0) is 20.8 Å². The Hall–Kier alpha value is -1.23. The molecule has 0 unspecified atom stereocenters. The standard InChI is InChI=1S/C14H22N6OS.HI/c1-5-15-14(17-8-12-19-11(4)21-20-12)16-7-6-13-18-9(2)10(3)22-13;/h5-8H2,1-4H3,(H2,15,16,17);1H. The largest absolute Gasteiger partial charge is 0.357 e. The van der Waals surface area contributed by atoms with E-state index in [1.807, 2.05) is 13.8 Å². The Morgan fingerprint density at radius 1 is 1.22 bits per heavy atom. The Balaban J connectivity index is 0.00000264. The Labute approximate surface area is 157 Å². The first kappa shape index (κ1) is 19.8. The number of aliphatic imine (C=N–C) groups is 1. The molecule has 0 fully saturated rings. The summed E-state index contributed by atoms with van der Waals surface area (Å²) in [6.07, 6.45) is 0.880. The Bertz CT molecular complexity index is 620. The van der Waals surface area contributed by atoms with Crippen molar-refractivity contribution < 1.29 is 4.52 Å². The summed E-state index contributed by atoms with van der Waals surface area (Å²) in [6, 6.07) is 0. The summed E-state index contributed by atoms with van der Waals surface area (Å²) >= 11 is 1.75. The van der Waals surface area contributed by atoms with Crippen molar-refractivity contribution in [1.82, 2.24) is 25.8 Å². The number of nitrogens with one attached hydrogen (secondary N) is 2. The van der Waals surface area contributed by atoms with Gasteiger partial charge in [-0.3, -0.25) is 0 Å². The number of hydrogen-bond acceptors (Lipinski definition) is 6. The van der Waals surface area contributed by atoms with Gasteiger partial charge in [0.05, 0.1) is 10.7 Å². The monoisotopic (exact) mass is 450 g/mol. The van der Waals surface area contributed by atoms with E-state index >= 15 is 0 Å². The number of hydrogen-bond donors (Lipinski definition) is 2. The van der Waals surface area contributed by atoms with E-state index in [0.29, 0.717) is 18.3 Å². The van der Waals surface area contributed by atoms with Crippen LogP contribution in [-0.4, -0.2) is 34.2 Å². The summed E-state index contributed by atoms with van der Waals surface area (Å²) in [4.78, 5) is 14.4. The second kappa shape index (κ2) is 9.81. The minimum absolute atomic E-state index is 0. The van der Waals surface area contributed by atoms with E-state index in [-0.39, 0.29) is 24.0 Å². The van der Waals surface area contributed by atoms with Crippen LogP contribution in [0, 0.1) is 20.8 Å². The van der Waals surface area contributed by atoms with Gasteiger partial charge in [0.2, 0.25) is 5.89 Å². The summed E-state index contributed by atoms with van der Waals surface area (Å²) in [5.41, 5.74) is 1.12. The van der Waals surface area contributed by atoms with Crippen LogP contribution in [0.1, 0.15) is 34.2 Å². The summed E-state index contributed by atoms with van der Waals surface area (Å²) in [5.74, 6) is 1.88. The van der Waals surface area contributed by atoms with E-state index in [1.54, 1.807) is 18.3 Å². The van der Waals surface area contributed by atoms with E-state index in [2.05, 4.69) is 37.7 Å². The molecule has 0 aliphatic carbocycles. The highest BCUT2D eigenvalue weighted by Gasteiger charge is 2.05. The second-order valence-electron chi connectivity index (χ2n) is 4.85. The lowest BCUT2D eigenvalue weighted by molar-refractivity contribution is 0.387. The van der Waals surface area contributed by atoms with Gasteiger partial charge in [-0.15, -0.1) is 35.3 Å². The molecule has 2 rings (SSSR count). The Morgan fingerprint density at radius 2 is 2.00 bits per heavy atom. The number of guanidine groups is 1. The van der Waals surface area contributed by atoms with Gasteiger partial charge in [0, 0.05) is 31.3 Å². The molecule has 2 aromatic rings. The zero-order valence-electron chi connectivity index (χ0n) is 13.8. The first-order valence-corrected chi connectivity index (χ1v) is 8.14. The molecule has 0 spiro atoms. The summed E-state index contributed by atoms with van der Waals surface area (Å²) in [6.45, 7) is 9.91. The van der Waals surface area contributed by atoms with Gasteiger partial charge in [-0.2, -0.15) is 4.98 Å². The first-order chi connectivity index (χ1) is 10.6. The van der Waals surface area contributed by atoms with Gasteiger partial charge in [0.25, 0.3) is 0 Å². The maximum Gasteiger partial charge on any atom is 0.223 e. The van der Waals surface area contributed by atoms with Crippen molar-refractivity contribution >= 4 is 41.3 Å². The lowest BCUT2D eigenvalue weighted by atomic mass is 10.4. The molecule has 128 valence electrons. The molecular formula is C14H23IN6OS. The minimum atomic E-state index is 0.